The number of nitrogens with one attached hydrogen (secondary N) is 4. The second-order valence-electron chi connectivity index (χ2n) is 14.2. The van der Waals surface area contributed by atoms with E-state index in [-0.39, 0.29) is 29.9 Å². The maximum atomic E-state index is 13.5. The van der Waals surface area contributed by atoms with E-state index in [1.807, 2.05) is 17.3 Å². The van der Waals surface area contributed by atoms with Crippen LogP contribution in [0.1, 0.15) is 69.7 Å². The van der Waals surface area contributed by atoms with Crippen LogP contribution in [-0.4, -0.2) is 92.6 Å². The zero-order chi connectivity index (χ0) is 37.0. The normalized spacial score (nSPS) is 22.0. The maximum Gasteiger partial charge on any atom is 0.407 e. The Kier molecular flexibility index (Phi) is 9.05. The summed E-state index contributed by atoms with van der Waals surface area (Å²) in [5.74, 6) is 1.51. The van der Waals surface area contributed by atoms with Gasteiger partial charge < -0.3 is 39.9 Å². The molecule has 53 heavy (non-hydrogen) atoms. The lowest BCUT2D eigenvalue weighted by Gasteiger charge is -2.36. The SMILES string of the molecule is COC(=O)N[C@@H](C)C(=O)N1CCC[C@H]1c1ncc(-c2ccc3c(c2)sc2cc(-c4cnc([C@@H]5[C@@H]6CC[C@H](C6)N5C(=O)[C@H](C)NC(=O)OC)[nH]4)ccc23)[nH]1. The van der Waals surface area contributed by atoms with Gasteiger partial charge in [-0.25, -0.2) is 19.6 Å². The zero-order valence-electron chi connectivity index (χ0n) is 30.0. The number of nitrogens with zero attached hydrogens (tertiary/aromatic N) is 4. The summed E-state index contributed by atoms with van der Waals surface area (Å²) in [5, 5.41) is 7.52. The van der Waals surface area contributed by atoms with Crippen molar-refractivity contribution >= 4 is 55.5 Å². The zero-order valence-corrected chi connectivity index (χ0v) is 30.8. The van der Waals surface area contributed by atoms with Crippen LogP contribution in [0.2, 0.25) is 0 Å². The molecule has 4 amide bonds. The molecule has 3 aliphatic rings. The second kappa shape index (κ2) is 13.8. The number of H-pyrrole nitrogens is 2. The molecule has 2 bridgehead atoms. The molecule has 2 aliphatic heterocycles. The summed E-state index contributed by atoms with van der Waals surface area (Å²) in [7, 11) is 2.56. The Morgan fingerprint density at radius 3 is 2.02 bits per heavy atom. The van der Waals surface area contributed by atoms with Crippen molar-refractivity contribution < 1.29 is 28.7 Å². The summed E-state index contributed by atoms with van der Waals surface area (Å²) in [6, 6.07) is 11.2. The summed E-state index contributed by atoms with van der Waals surface area (Å²) >= 11 is 1.72. The maximum absolute atomic E-state index is 13.5. The number of fused-ring (bicyclic) bond motifs is 5. The number of benzene rings is 2. The Hall–Kier alpha value is -5.44. The smallest absolute Gasteiger partial charge is 0.407 e. The number of carbonyl (C=O) groups excluding carboxylic acids is 4. The van der Waals surface area contributed by atoms with Gasteiger partial charge >= 0.3 is 12.2 Å². The third kappa shape index (κ3) is 6.26. The van der Waals surface area contributed by atoms with Gasteiger partial charge in [-0.15, -0.1) is 11.3 Å². The fourth-order valence-corrected chi connectivity index (χ4v) is 9.62. The van der Waals surface area contributed by atoms with Gasteiger partial charge in [0.25, 0.3) is 0 Å². The molecule has 0 spiro atoms. The lowest BCUT2D eigenvalue weighted by molar-refractivity contribution is -0.137. The molecule has 3 aromatic heterocycles. The quantitative estimate of drug-likeness (QED) is 0.149. The highest BCUT2D eigenvalue weighted by atomic mass is 32.1. The molecule has 1 saturated carbocycles. The molecule has 15 heteroatoms. The molecule has 3 fully saturated rings. The first-order valence-electron chi connectivity index (χ1n) is 18.0. The van der Waals surface area contributed by atoms with Crippen molar-refractivity contribution in [3.05, 3.63) is 60.4 Å². The highest BCUT2D eigenvalue weighted by Crippen LogP contribution is 2.50. The first-order valence-corrected chi connectivity index (χ1v) is 18.8. The van der Waals surface area contributed by atoms with Gasteiger partial charge in [-0.3, -0.25) is 9.59 Å². The van der Waals surface area contributed by atoms with Crippen molar-refractivity contribution in [2.75, 3.05) is 20.8 Å². The number of hydrogen-bond donors (Lipinski definition) is 4. The molecule has 276 valence electrons. The topological polar surface area (TPSA) is 175 Å². The Morgan fingerprint density at radius 1 is 0.811 bits per heavy atom. The van der Waals surface area contributed by atoms with E-state index in [4.69, 9.17) is 9.72 Å². The Balaban J connectivity index is 1.01. The predicted molar refractivity (Wildman–Crippen MR) is 199 cm³/mol. The van der Waals surface area contributed by atoms with E-state index in [0.717, 1.165) is 86.4 Å². The van der Waals surface area contributed by atoms with Crippen LogP contribution < -0.4 is 10.6 Å². The fraction of sp³-hybridized carbons (Fsp3) is 0.421. The number of likely N-dealkylation sites (tertiary alicyclic amines) is 2. The van der Waals surface area contributed by atoms with Crippen LogP contribution >= 0.6 is 11.3 Å². The molecular weight excluding hydrogens is 697 g/mol. The lowest BCUT2D eigenvalue weighted by atomic mass is 9.97. The van der Waals surface area contributed by atoms with Crippen LogP contribution in [0.3, 0.4) is 0 Å². The number of alkyl carbamates (subject to hydrolysis) is 2. The van der Waals surface area contributed by atoms with E-state index in [2.05, 4.69) is 66.7 Å². The highest BCUT2D eigenvalue weighted by Gasteiger charge is 2.50. The number of hydrogen-bond acceptors (Lipinski definition) is 9. The molecule has 1 aliphatic carbocycles. The van der Waals surface area contributed by atoms with Crippen LogP contribution in [-0.2, 0) is 19.1 Å². The van der Waals surface area contributed by atoms with Gasteiger partial charge in [0.05, 0.1) is 50.1 Å². The predicted octanol–water partition coefficient (Wildman–Crippen LogP) is 6.04. The number of piperidine rings is 1. The second-order valence-corrected chi connectivity index (χ2v) is 15.3. The number of imidazole rings is 2. The Labute approximate surface area is 309 Å². The van der Waals surface area contributed by atoms with E-state index in [9.17, 15) is 19.2 Å². The lowest BCUT2D eigenvalue weighted by Crippen LogP contribution is -2.50. The van der Waals surface area contributed by atoms with Crippen molar-refractivity contribution in [2.24, 2.45) is 5.92 Å². The minimum atomic E-state index is -0.709. The van der Waals surface area contributed by atoms with E-state index < -0.39 is 24.3 Å². The molecule has 4 N–H and O–H groups in total. The highest BCUT2D eigenvalue weighted by molar-refractivity contribution is 7.25. The molecule has 14 nitrogen and oxygen atoms in total. The van der Waals surface area contributed by atoms with Crippen LogP contribution in [0.15, 0.2) is 48.8 Å². The van der Waals surface area contributed by atoms with Crippen molar-refractivity contribution in [3.8, 4) is 22.5 Å². The number of thiophene rings is 1. The average Bonchev–Trinajstić information content (AvgIpc) is 4.02. The van der Waals surface area contributed by atoms with Gasteiger partial charge in [0.2, 0.25) is 11.8 Å². The van der Waals surface area contributed by atoms with Gasteiger partial charge in [0.1, 0.15) is 23.7 Å². The van der Waals surface area contributed by atoms with E-state index >= 15 is 0 Å². The molecule has 0 radical (unpaired) electrons. The average molecular weight is 739 g/mol. The van der Waals surface area contributed by atoms with Crippen molar-refractivity contribution in [1.82, 2.24) is 40.4 Å². The molecular formula is C38H42N8O6S. The summed E-state index contributed by atoms with van der Waals surface area (Å²) in [4.78, 5) is 70.4. The van der Waals surface area contributed by atoms with Crippen LogP contribution in [0.4, 0.5) is 9.59 Å². The summed E-state index contributed by atoms with van der Waals surface area (Å²) in [5.41, 5.74) is 3.76. The molecule has 8 rings (SSSR count). The largest absolute Gasteiger partial charge is 0.453 e. The standard InChI is InChI=1S/C38H42N8O6S/c1-19(41-37(49)51-3)35(47)45-13-5-6-29(45)33-39-17-27(43-33)21-8-11-25-26-12-9-22(16-31(26)53-30(25)15-21)28-18-40-34(44-28)32-23-7-10-24(14-23)46(32)36(48)20(2)42-38(50)52-4/h8-9,11-12,15-20,23-24,29,32H,5-7,10,13-14H2,1-4H3,(H,39,43)(H,40,44)(H,41,49)(H,42,50)/t19-,20-,23+,24+,29-,32-/m0/s1. The first-order chi connectivity index (χ1) is 25.6. The van der Waals surface area contributed by atoms with Crippen LogP contribution in [0.5, 0.6) is 0 Å². The monoisotopic (exact) mass is 738 g/mol. The van der Waals surface area contributed by atoms with Crippen LogP contribution in [0, 0.1) is 5.92 Å². The molecule has 5 aromatic rings. The Morgan fingerprint density at radius 2 is 1.40 bits per heavy atom. The third-order valence-electron chi connectivity index (χ3n) is 11.0. The van der Waals surface area contributed by atoms with Gasteiger partial charge in [0.15, 0.2) is 0 Å². The summed E-state index contributed by atoms with van der Waals surface area (Å²) < 4.78 is 11.7. The summed E-state index contributed by atoms with van der Waals surface area (Å²) in [6.45, 7) is 3.94. The van der Waals surface area contributed by atoms with E-state index in [0.29, 0.717) is 12.5 Å². The van der Waals surface area contributed by atoms with Crippen molar-refractivity contribution in [1.29, 1.82) is 0 Å². The molecule has 2 saturated heterocycles. The molecule has 2 aromatic carbocycles. The first kappa shape index (κ1) is 34.6. The van der Waals surface area contributed by atoms with Crippen molar-refractivity contribution in [2.45, 2.75) is 76.2 Å². The number of carbonyl (C=O) groups is 4. The number of aromatic amines is 2. The fourth-order valence-electron chi connectivity index (χ4n) is 8.44. The number of rotatable bonds is 8. The number of methoxy groups -OCH3 is 2. The van der Waals surface area contributed by atoms with Crippen LogP contribution in [0.25, 0.3) is 42.7 Å². The molecule has 5 heterocycles. The number of ether oxygens (including phenoxy) is 2. The molecule has 0 unspecified atom stereocenters. The minimum absolute atomic E-state index is 0.127. The van der Waals surface area contributed by atoms with E-state index in [1.165, 1.54) is 14.2 Å². The summed E-state index contributed by atoms with van der Waals surface area (Å²) in [6.07, 6.45) is 6.95. The van der Waals surface area contributed by atoms with Crippen molar-refractivity contribution in [3.63, 3.8) is 0 Å². The third-order valence-corrected chi connectivity index (χ3v) is 12.2. The molecule has 6 atom stereocenters. The van der Waals surface area contributed by atoms with Gasteiger partial charge in [0, 0.05) is 43.9 Å². The van der Waals surface area contributed by atoms with Gasteiger partial charge in [-0.2, -0.15) is 0 Å². The minimum Gasteiger partial charge on any atom is -0.453 e. The Bertz CT molecular complexity index is 2230. The number of amides is 4. The number of aromatic nitrogens is 4. The van der Waals surface area contributed by atoms with Gasteiger partial charge in [-0.1, -0.05) is 24.3 Å². The van der Waals surface area contributed by atoms with Gasteiger partial charge in [-0.05, 0) is 64.0 Å². The van der Waals surface area contributed by atoms with E-state index in [1.54, 1.807) is 30.1 Å².